The highest BCUT2D eigenvalue weighted by Crippen LogP contribution is 2.15. The van der Waals surface area contributed by atoms with Gasteiger partial charge in [0.15, 0.2) is 6.61 Å². The maximum absolute atomic E-state index is 11.9. The van der Waals surface area contributed by atoms with E-state index in [1.165, 1.54) is 18.3 Å². The molecule has 2 aromatic rings. The summed E-state index contributed by atoms with van der Waals surface area (Å²) in [6, 6.07) is 13.2. The van der Waals surface area contributed by atoms with Gasteiger partial charge in [-0.1, -0.05) is 12.1 Å². The topological polar surface area (TPSA) is 100 Å². The van der Waals surface area contributed by atoms with Crippen molar-refractivity contribution < 1.29 is 19.4 Å². The highest BCUT2D eigenvalue weighted by molar-refractivity contribution is 5.97. The lowest BCUT2D eigenvalue weighted by molar-refractivity contribution is -0.123. The first-order chi connectivity index (χ1) is 12.5. The van der Waals surface area contributed by atoms with Crippen molar-refractivity contribution in [1.29, 1.82) is 0 Å². The predicted octanol–water partition coefficient (Wildman–Crippen LogP) is 2.06. The molecular weight excluding hydrogens is 334 g/mol. The zero-order valence-corrected chi connectivity index (χ0v) is 14.6. The molecule has 2 rings (SSSR count). The van der Waals surface area contributed by atoms with Crippen molar-refractivity contribution in [3.63, 3.8) is 0 Å². The monoisotopic (exact) mass is 355 g/mol. The fourth-order valence-corrected chi connectivity index (χ4v) is 2.05. The van der Waals surface area contributed by atoms with Crippen molar-refractivity contribution >= 4 is 18.0 Å². The summed E-state index contributed by atoms with van der Waals surface area (Å²) >= 11 is 0. The highest BCUT2D eigenvalue weighted by atomic mass is 16.5. The summed E-state index contributed by atoms with van der Waals surface area (Å²) < 4.78 is 5.38. The zero-order chi connectivity index (χ0) is 18.9. The lowest BCUT2D eigenvalue weighted by atomic mass is 10.2. The van der Waals surface area contributed by atoms with Gasteiger partial charge in [-0.15, -0.1) is 0 Å². The van der Waals surface area contributed by atoms with Crippen LogP contribution in [0, 0.1) is 0 Å². The van der Waals surface area contributed by atoms with Gasteiger partial charge in [-0.05, 0) is 55.8 Å². The number of phenols is 1. The van der Waals surface area contributed by atoms with Gasteiger partial charge in [0.2, 0.25) is 0 Å². The molecule has 0 saturated carbocycles. The minimum Gasteiger partial charge on any atom is -0.507 e. The molecule has 0 aliphatic heterocycles. The molecule has 0 aliphatic rings. The number of para-hydroxylation sites is 1. The van der Waals surface area contributed by atoms with Crippen LogP contribution in [-0.4, -0.2) is 35.8 Å². The Morgan fingerprint density at radius 3 is 2.50 bits per heavy atom. The lowest BCUT2D eigenvalue weighted by Gasteiger charge is -2.09. The molecule has 0 radical (unpaired) electrons. The van der Waals surface area contributed by atoms with E-state index >= 15 is 0 Å². The third-order valence-corrected chi connectivity index (χ3v) is 3.23. The van der Waals surface area contributed by atoms with Crippen molar-refractivity contribution in [1.82, 2.24) is 10.7 Å². The average Bonchev–Trinajstić information content (AvgIpc) is 2.61. The lowest BCUT2D eigenvalue weighted by Crippen LogP contribution is -2.34. The SMILES string of the molecule is CC(C)NC(=O)COc1ccc(/C=N\NC(=O)c2ccccc2O)cc1. The second-order valence-corrected chi connectivity index (χ2v) is 5.80. The van der Waals surface area contributed by atoms with Crippen molar-refractivity contribution in [2.24, 2.45) is 5.10 Å². The smallest absolute Gasteiger partial charge is 0.275 e. The standard InChI is InChI=1S/C19H21N3O4/c1-13(2)21-18(24)12-26-15-9-7-14(8-10-15)11-20-22-19(25)16-5-3-4-6-17(16)23/h3-11,13,23H,12H2,1-2H3,(H,21,24)(H,22,25)/b20-11-. The van der Waals surface area contributed by atoms with Gasteiger partial charge in [0.25, 0.3) is 11.8 Å². The number of phenolic OH excluding ortho intramolecular Hbond substituents is 1. The van der Waals surface area contributed by atoms with Gasteiger partial charge in [-0.3, -0.25) is 9.59 Å². The van der Waals surface area contributed by atoms with Gasteiger partial charge < -0.3 is 15.2 Å². The molecule has 3 N–H and O–H groups in total. The first-order valence-electron chi connectivity index (χ1n) is 8.09. The molecule has 0 fully saturated rings. The molecule has 0 atom stereocenters. The van der Waals surface area contributed by atoms with Crippen LogP contribution in [0.4, 0.5) is 0 Å². The minimum atomic E-state index is -0.504. The number of carbonyl (C=O) groups is 2. The van der Waals surface area contributed by atoms with E-state index in [1.54, 1.807) is 36.4 Å². The third kappa shape index (κ3) is 5.94. The normalized spacial score (nSPS) is 10.7. The van der Waals surface area contributed by atoms with Gasteiger partial charge >= 0.3 is 0 Å². The van der Waals surface area contributed by atoms with E-state index in [9.17, 15) is 14.7 Å². The van der Waals surface area contributed by atoms with Gasteiger partial charge in [0, 0.05) is 6.04 Å². The van der Waals surface area contributed by atoms with Gasteiger partial charge in [-0.25, -0.2) is 5.43 Å². The fourth-order valence-electron chi connectivity index (χ4n) is 2.05. The number of benzene rings is 2. The number of hydrogen-bond donors (Lipinski definition) is 3. The number of rotatable bonds is 7. The van der Waals surface area contributed by atoms with E-state index in [-0.39, 0.29) is 29.9 Å². The zero-order valence-electron chi connectivity index (χ0n) is 14.6. The molecule has 0 saturated heterocycles. The van der Waals surface area contributed by atoms with Crippen molar-refractivity contribution in [3.05, 3.63) is 59.7 Å². The summed E-state index contributed by atoms with van der Waals surface area (Å²) in [5, 5.41) is 16.2. The predicted molar refractivity (Wildman–Crippen MR) is 98.4 cm³/mol. The first kappa shape index (κ1) is 19.0. The van der Waals surface area contributed by atoms with E-state index in [1.807, 2.05) is 13.8 Å². The van der Waals surface area contributed by atoms with Crippen LogP contribution >= 0.6 is 0 Å². The van der Waals surface area contributed by atoms with Crippen LogP contribution in [0.3, 0.4) is 0 Å². The molecule has 0 heterocycles. The molecule has 0 unspecified atom stereocenters. The van der Waals surface area contributed by atoms with Gasteiger partial charge in [0.1, 0.15) is 11.5 Å². The van der Waals surface area contributed by atoms with E-state index in [0.717, 1.165) is 5.56 Å². The summed E-state index contributed by atoms with van der Waals surface area (Å²) in [5.41, 5.74) is 3.23. The van der Waals surface area contributed by atoms with Crippen LogP contribution in [0.15, 0.2) is 53.6 Å². The van der Waals surface area contributed by atoms with Gasteiger partial charge in [0.05, 0.1) is 11.8 Å². The molecule has 7 nitrogen and oxygen atoms in total. The number of hydrazone groups is 1. The van der Waals surface area contributed by atoms with Crippen molar-refractivity contribution in [3.8, 4) is 11.5 Å². The molecule has 0 spiro atoms. The third-order valence-electron chi connectivity index (χ3n) is 3.23. The van der Waals surface area contributed by atoms with Crippen LogP contribution < -0.4 is 15.5 Å². The number of ether oxygens (including phenoxy) is 1. The maximum Gasteiger partial charge on any atom is 0.275 e. The summed E-state index contributed by atoms with van der Waals surface area (Å²) in [7, 11) is 0. The second kappa shape index (κ2) is 9.22. The Balaban J connectivity index is 1.85. The largest absolute Gasteiger partial charge is 0.507 e. The summed E-state index contributed by atoms with van der Waals surface area (Å²) in [6.07, 6.45) is 1.47. The highest BCUT2D eigenvalue weighted by Gasteiger charge is 2.08. The molecule has 0 aliphatic carbocycles. The van der Waals surface area contributed by atoms with E-state index in [0.29, 0.717) is 5.75 Å². The Bertz CT molecular complexity index is 786. The number of amides is 2. The van der Waals surface area contributed by atoms with Crippen LogP contribution in [0.2, 0.25) is 0 Å². The van der Waals surface area contributed by atoms with Gasteiger partial charge in [-0.2, -0.15) is 5.10 Å². The first-order valence-corrected chi connectivity index (χ1v) is 8.09. The number of hydrogen-bond acceptors (Lipinski definition) is 5. The average molecular weight is 355 g/mol. The Morgan fingerprint density at radius 2 is 1.85 bits per heavy atom. The summed E-state index contributed by atoms with van der Waals surface area (Å²) in [4.78, 5) is 23.4. The Kier molecular flexibility index (Phi) is 6.73. The molecular formula is C19H21N3O4. The van der Waals surface area contributed by atoms with Crippen molar-refractivity contribution in [2.45, 2.75) is 19.9 Å². The summed E-state index contributed by atoms with van der Waals surface area (Å²) in [6.45, 7) is 3.70. The Hall–Kier alpha value is -3.35. The quantitative estimate of drug-likeness (QED) is 0.523. The van der Waals surface area contributed by atoms with Crippen LogP contribution in [0.5, 0.6) is 11.5 Å². The maximum atomic E-state index is 11.9. The summed E-state index contributed by atoms with van der Waals surface area (Å²) in [5.74, 6) is -0.240. The molecule has 2 amide bonds. The fraction of sp³-hybridized carbons (Fsp3) is 0.211. The Morgan fingerprint density at radius 1 is 1.15 bits per heavy atom. The van der Waals surface area contributed by atoms with E-state index < -0.39 is 5.91 Å². The van der Waals surface area contributed by atoms with E-state index in [4.69, 9.17) is 4.74 Å². The number of nitrogens with zero attached hydrogens (tertiary/aromatic N) is 1. The molecule has 0 bridgehead atoms. The molecule has 0 aromatic heterocycles. The van der Waals surface area contributed by atoms with Crippen LogP contribution in [0.25, 0.3) is 0 Å². The number of carbonyl (C=O) groups excluding carboxylic acids is 2. The molecule has 2 aromatic carbocycles. The second-order valence-electron chi connectivity index (χ2n) is 5.80. The van der Waals surface area contributed by atoms with E-state index in [2.05, 4.69) is 15.8 Å². The molecule has 136 valence electrons. The molecule has 7 heteroatoms. The van der Waals surface area contributed by atoms with Crippen LogP contribution in [-0.2, 0) is 4.79 Å². The Labute approximate surface area is 151 Å². The number of aromatic hydroxyl groups is 1. The number of nitrogens with one attached hydrogen (secondary N) is 2. The van der Waals surface area contributed by atoms with Crippen molar-refractivity contribution in [2.75, 3.05) is 6.61 Å². The molecule has 26 heavy (non-hydrogen) atoms. The van der Waals surface area contributed by atoms with Crippen LogP contribution in [0.1, 0.15) is 29.8 Å². The minimum absolute atomic E-state index is 0.0533.